The maximum absolute atomic E-state index is 13.7. The van der Waals surface area contributed by atoms with Crippen LogP contribution in [0.2, 0.25) is 5.02 Å². The van der Waals surface area contributed by atoms with E-state index in [1.807, 2.05) is 0 Å². The average molecular weight is 578 g/mol. The van der Waals surface area contributed by atoms with E-state index < -0.39 is 42.3 Å². The molecular formula is C27H30ClF2N5O5. The van der Waals surface area contributed by atoms with E-state index in [-0.39, 0.29) is 49.2 Å². The van der Waals surface area contributed by atoms with Crippen molar-refractivity contribution in [1.82, 2.24) is 15.2 Å². The number of aryl methyl sites for hydroxylation is 1. The number of aromatic nitrogens is 1. The van der Waals surface area contributed by atoms with Crippen molar-refractivity contribution in [3.63, 3.8) is 0 Å². The third-order valence-corrected chi connectivity index (χ3v) is 6.64. The molecule has 0 saturated carbocycles. The molecule has 0 aliphatic heterocycles. The molecule has 0 aliphatic rings. The second-order valence-corrected chi connectivity index (χ2v) is 9.40. The van der Waals surface area contributed by atoms with Crippen molar-refractivity contribution in [3.8, 4) is 0 Å². The first kappa shape index (κ1) is 30.7. The van der Waals surface area contributed by atoms with Gasteiger partial charge in [-0.05, 0) is 54.1 Å². The summed E-state index contributed by atoms with van der Waals surface area (Å²) < 4.78 is 32.6. The van der Waals surface area contributed by atoms with Gasteiger partial charge in [0, 0.05) is 31.6 Å². The van der Waals surface area contributed by atoms with Gasteiger partial charge in [0.15, 0.2) is 0 Å². The molecule has 3 rings (SSSR count). The fraction of sp³-hybridized carbons (Fsp3) is 0.333. The number of anilines is 1. The number of hydrogen-bond donors (Lipinski definition) is 4. The van der Waals surface area contributed by atoms with E-state index in [1.54, 1.807) is 12.1 Å². The molecule has 0 radical (unpaired) electrons. The molecular weight excluding hydrogens is 548 g/mol. The first-order valence-corrected chi connectivity index (χ1v) is 12.8. The number of likely N-dealkylation sites (N-methyl/N-ethyl adjacent to an activating group) is 1. The molecule has 1 aromatic heterocycles. The van der Waals surface area contributed by atoms with Crippen molar-refractivity contribution < 1.29 is 33.0 Å². The number of carbonyl (C=O) groups is 3. The number of aliphatic hydroxyl groups excluding tert-OH is 1. The van der Waals surface area contributed by atoms with Crippen molar-refractivity contribution >= 4 is 46.1 Å². The zero-order valence-corrected chi connectivity index (χ0v) is 22.5. The topological polar surface area (TPSA) is 147 Å². The van der Waals surface area contributed by atoms with Crippen LogP contribution in [0.15, 0.2) is 48.7 Å². The summed E-state index contributed by atoms with van der Waals surface area (Å²) in [5, 5.41) is 15.2. The summed E-state index contributed by atoms with van der Waals surface area (Å²) in [6.45, 7) is -0.693. The van der Waals surface area contributed by atoms with E-state index in [9.17, 15) is 23.2 Å². The molecule has 0 bridgehead atoms. The van der Waals surface area contributed by atoms with Crippen LogP contribution in [0.1, 0.15) is 18.4 Å². The zero-order chi connectivity index (χ0) is 29.2. The predicted molar refractivity (Wildman–Crippen MR) is 146 cm³/mol. The number of fused-ring (bicyclic) bond motifs is 1. The maximum atomic E-state index is 13.7. The van der Waals surface area contributed by atoms with Gasteiger partial charge in [-0.3, -0.25) is 14.9 Å². The van der Waals surface area contributed by atoms with Gasteiger partial charge in [0.05, 0.1) is 17.7 Å². The Morgan fingerprint density at radius 2 is 1.95 bits per heavy atom. The van der Waals surface area contributed by atoms with Crippen LogP contribution in [0.5, 0.6) is 0 Å². The van der Waals surface area contributed by atoms with Crippen LogP contribution >= 0.6 is 11.6 Å². The number of carbonyl (C=O) groups excluding carboxylic acids is 3. The molecule has 2 aromatic carbocycles. The minimum atomic E-state index is -1.10. The second kappa shape index (κ2) is 14.5. The summed E-state index contributed by atoms with van der Waals surface area (Å²) in [4.78, 5) is 42.8. The minimum absolute atomic E-state index is 0.00167. The Kier molecular flexibility index (Phi) is 11.1. The standard InChI is InChI=1S/C27H30ClF2N5O5/c1-35(24(37)8-6-16-3-2-4-21(30)25(16)28)20(9-10-32-26(38)22(31)14-36)15-40-27(39)34-23-12-18-11-19(29)7-5-17(18)13-33-23/h2-5,7,11-13,20,22,36H,6,8-10,14-15,31H2,1H3,(H,32,38)(H,33,34,39)/t20-,22+/m0/s1. The van der Waals surface area contributed by atoms with Crippen molar-refractivity contribution in [2.75, 3.05) is 32.1 Å². The normalized spacial score (nSPS) is 12.4. The van der Waals surface area contributed by atoms with Crippen LogP contribution < -0.4 is 16.4 Å². The van der Waals surface area contributed by atoms with E-state index in [0.29, 0.717) is 16.3 Å². The number of benzene rings is 2. The summed E-state index contributed by atoms with van der Waals surface area (Å²) in [6, 6.07) is 8.24. The lowest BCUT2D eigenvalue weighted by Crippen LogP contribution is -2.46. The van der Waals surface area contributed by atoms with E-state index >= 15 is 0 Å². The monoisotopic (exact) mass is 577 g/mol. The van der Waals surface area contributed by atoms with Gasteiger partial charge >= 0.3 is 6.09 Å². The summed E-state index contributed by atoms with van der Waals surface area (Å²) in [5.41, 5.74) is 5.98. The predicted octanol–water partition coefficient (Wildman–Crippen LogP) is 3.00. The number of ether oxygens (including phenoxy) is 1. The fourth-order valence-corrected chi connectivity index (χ4v) is 4.04. The van der Waals surface area contributed by atoms with Crippen molar-refractivity contribution in [2.24, 2.45) is 5.73 Å². The fourth-order valence-electron chi connectivity index (χ4n) is 3.82. The number of pyridine rings is 1. The van der Waals surface area contributed by atoms with Gasteiger partial charge in [-0.1, -0.05) is 23.7 Å². The maximum Gasteiger partial charge on any atom is 0.412 e. The lowest BCUT2D eigenvalue weighted by Gasteiger charge is -2.28. The summed E-state index contributed by atoms with van der Waals surface area (Å²) in [6.07, 6.45) is 0.996. The molecule has 0 fully saturated rings. The van der Waals surface area contributed by atoms with E-state index in [1.165, 1.54) is 48.5 Å². The third-order valence-electron chi connectivity index (χ3n) is 6.21. The van der Waals surface area contributed by atoms with Crippen LogP contribution in [-0.4, -0.2) is 71.8 Å². The molecule has 214 valence electrons. The lowest BCUT2D eigenvalue weighted by molar-refractivity contribution is -0.132. The first-order chi connectivity index (χ1) is 19.1. The quantitative estimate of drug-likeness (QED) is 0.259. The molecule has 0 saturated heterocycles. The Labute approximate surface area is 234 Å². The number of rotatable bonds is 12. The van der Waals surface area contributed by atoms with Crippen molar-refractivity contribution in [3.05, 3.63) is 70.9 Å². The minimum Gasteiger partial charge on any atom is -0.447 e. The highest BCUT2D eigenvalue weighted by Gasteiger charge is 2.23. The van der Waals surface area contributed by atoms with E-state index in [2.05, 4.69) is 15.6 Å². The highest BCUT2D eigenvalue weighted by molar-refractivity contribution is 6.31. The van der Waals surface area contributed by atoms with Crippen molar-refractivity contribution in [1.29, 1.82) is 0 Å². The van der Waals surface area contributed by atoms with Gasteiger partial charge < -0.3 is 25.8 Å². The first-order valence-electron chi connectivity index (χ1n) is 12.4. The number of aliphatic hydroxyl groups is 1. The molecule has 0 spiro atoms. The second-order valence-electron chi connectivity index (χ2n) is 9.02. The lowest BCUT2D eigenvalue weighted by atomic mass is 10.1. The number of nitrogens with one attached hydrogen (secondary N) is 2. The number of hydrogen-bond acceptors (Lipinski definition) is 7. The van der Waals surface area contributed by atoms with Crippen LogP contribution in [-0.2, 0) is 20.7 Å². The Morgan fingerprint density at radius 1 is 1.18 bits per heavy atom. The summed E-state index contributed by atoms with van der Waals surface area (Å²) >= 11 is 5.99. The highest BCUT2D eigenvalue weighted by Crippen LogP contribution is 2.22. The zero-order valence-electron chi connectivity index (χ0n) is 21.7. The Hall–Kier alpha value is -3.87. The molecule has 3 aromatic rings. The Balaban J connectivity index is 1.62. The van der Waals surface area contributed by atoms with Crippen LogP contribution in [0.4, 0.5) is 19.4 Å². The molecule has 1 heterocycles. The molecule has 40 heavy (non-hydrogen) atoms. The van der Waals surface area contributed by atoms with Gasteiger partial charge in [-0.25, -0.2) is 18.6 Å². The van der Waals surface area contributed by atoms with Crippen molar-refractivity contribution in [2.45, 2.75) is 31.3 Å². The smallest absolute Gasteiger partial charge is 0.412 e. The molecule has 3 amide bonds. The van der Waals surface area contributed by atoms with Gasteiger partial charge in [0.25, 0.3) is 0 Å². The Morgan fingerprint density at radius 3 is 2.70 bits per heavy atom. The molecule has 10 nitrogen and oxygen atoms in total. The SMILES string of the molecule is CN(C(=O)CCc1cccc(F)c1Cl)[C@@H](CCNC(=O)[C@H](N)CO)COC(=O)Nc1cc2cc(F)ccc2cn1. The van der Waals surface area contributed by atoms with Crippen LogP contribution in [0.3, 0.4) is 0 Å². The Bertz CT molecular complexity index is 1360. The summed E-state index contributed by atoms with van der Waals surface area (Å²) in [5.74, 6) is -1.78. The van der Waals surface area contributed by atoms with E-state index in [0.717, 1.165) is 0 Å². The van der Waals surface area contributed by atoms with Gasteiger partial charge in [-0.15, -0.1) is 0 Å². The molecule has 2 atom stereocenters. The van der Waals surface area contributed by atoms with Gasteiger partial charge in [-0.2, -0.15) is 0 Å². The third kappa shape index (κ3) is 8.57. The molecule has 13 heteroatoms. The largest absolute Gasteiger partial charge is 0.447 e. The van der Waals surface area contributed by atoms with Gasteiger partial charge in [0.2, 0.25) is 11.8 Å². The number of amides is 3. The van der Waals surface area contributed by atoms with Gasteiger partial charge in [0.1, 0.15) is 30.1 Å². The molecule has 5 N–H and O–H groups in total. The molecule has 0 aliphatic carbocycles. The average Bonchev–Trinajstić information content (AvgIpc) is 2.94. The van der Waals surface area contributed by atoms with Crippen LogP contribution in [0.25, 0.3) is 10.8 Å². The molecule has 0 unspecified atom stereocenters. The summed E-state index contributed by atoms with van der Waals surface area (Å²) in [7, 11) is 1.52. The van der Waals surface area contributed by atoms with E-state index in [4.69, 9.17) is 27.2 Å². The number of nitrogens with two attached hydrogens (primary N) is 1. The highest BCUT2D eigenvalue weighted by atomic mass is 35.5. The number of nitrogens with zero attached hydrogens (tertiary/aromatic N) is 2. The number of halogens is 3. The van der Waals surface area contributed by atoms with Crippen LogP contribution in [0, 0.1) is 11.6 Å².